The van der Waals surface area contributed by atoms with Gasteiger partial charge in [-0.3, -0.25) is 9.08 Å². The van der Waals surface area contributed by atoms with Crippen molar-refractivity contribution in [1.29, 1.82) is 0 Å². The molecule has 3 aliphatic heterocycles. The number of carbonyl (C=O) groups excluding carboxylic acids is 1. The highest BCUT2D eigenvalue weighted by molar-refractivity contribution is 5.79. The molecule has 256 valence electrons. The number of pyridine rings is 1. The minimum Gasteiger partial charge on any atom is -0.381 e. The Balaban J connectivity index is 1.16. The summed E-state index contributed by atoms with van der Waals surface area (Å²) in [6.45, 7) is 7.86. The zero-order valence-corrected chi connectivity index (χ0v) is 28.1. The number of alkyl halides is 2. The summed E-state index contributed by atoms with van der Waals surface area (Å²) in [6, 6.07) is 9.38. The molecule has 4 aromatic heterocycles. The van der Waals surface area contributed by atoms with Gasteiger partial charge in [-0.05, 0) is 79.6 Å². The number of anilines is 2. The van der Waals surface area contributed by atoms with Gasteiger partial charge in [0.1, 0.15) is 23.4 Å². The molecule has 3 aliphatic rings. The van der Waals surface area contributed by atoms with Gasteiger partial charge in [0.05, 0.1) is 23.9 Å². The second kappa shape index (κ2) is 12.8. The van der Waals surface area contributed by atoms with Gasteiger partial charge in [-0.25, -0.2) is 13.8 Å². The highest BCUT2D eigenvalue weighted by Crippen LogP contribution is 2.44. The molecule has 0 N–H and O–H groups in total. The summed E-state index contributed by atoms with van der Waals surface area (Å²) in [4.78, 5) is 20.7. The number of likely N-dealkylation sites (N-methyl/N-ethyl adjacent to an activating group) is 1. The smallest absolute Gasteiger partial charge is 0.264 e. The van der Waals surface area contributed by atoms with Crippen LogP contribution in [-0.2, 0) is 28.9 Å². The molecule has 8 rings (SSSR count). The molecule has 1 saturated heterocycles. The first-order valence-electron chi connectivity index (χ1n) is 17.3. The van der Waals surface area contributed by atoms with Crippen molar-refractivity contribution in [3.8, 4) is 22.5 Å². The summed E-state index contributed by atoms with van der Waals surface area (Å²) >= 11 is 0. The van der Waals surface area contributed by atoms with E-state index in [2.05, 4.69) is 31.7 Å². The first-order chi connectivity index (χ1) is 23.8. The number of aromatic nitrogens is 5. The molecule has 0 radical (unpaired) electrons. The molecule has 1 unspecified atom stereocenters. The van der Waals surface area contributed by atoms with Crippen LogP contribution in [0.15, 0.2) is 47.2 Å². The lowest BCUT2D eigenvalue weighted by molar-refractivity contribution is -0.110. The van der Waals surface area contributed by atoms with Crippen LogP contribution in [0.25, 0.3) is 28.2 Å². The molecule has 7 heterocycles. The fraction of sp³-hybridized carbons (Fsp3) is 0.459. The molecular formula is C37H41F2N7O3. The highest BCUT2D eigenvalue weighted by atomic mass is 19.3. The lowest BCUT2D eigenvalue weighted by Crippen LogP contribution is -2.30. The van der Waals surface area contributed by atoms with E-state index in [1.807, 2.05) is 42.6 Å². The summed E-state index contributed by atoms with van der Waals surface area (Å²) < 4.78 is 45.2. The Hall–Kier alpha value is -4.42. The van der Waals surface area contributed by atoms with E-state index in [-0.39, 0.29) is 11.5 Å². The van der Waals surface area contributed by atoms with Crippen LogP contribution in [0.2, 0.25) is 0 Å². The van der Waals surface area contributed by atoms with E-state index < -0.39 is 12.3 Å². The van der Waals surface area contributed by atoms with Crippen LogP contribution < -0.4 is 4.90 Å². The number of carbonyl (C=O) groups is 1. The van der Waals surface area contributed by atoms with Crippen LogP contribution in [0.3, 0.4) is 0 Å². The van der Waals surface area contributed by atoms with E-state index in [1.165, 1.54) is 11.3 Å². The zero-order valence-electron chi connectivity index (χ0n) is 28.1. The number of ether oxygens (including phenoxy) is 1. The van der Waals surface area contributed by atoms with Gasteiger partial charge in [-0.2, -0.15) is 5.10 Å². The molecule has 1 aromatic carbocycles. The third kappa shape index (κ3) is 5.64. The number of hydrogen-bond acceptors (Lipinski definition) is 8. The van der Waals surface area contributed by atoms with E-state index in [1.54, 1.807) is 18.3 Å². The molecule has 0 saturated carbocycles. The second-order valence-corrected chi connectivity index (χ2v) is 14.0. The number of aldehydes is 1. The summed E-state index contributed by atoms with van der Waals surface area (Å²) in [7, 11) is 2.13. The lowest BCUT2D eigenvalue weighted by Gasteiger charge is -2.33. The van der Waals surface area contributed by atoms with Crippen molar-refractivity contribution >= 4 is 23.4 Å². The summed E-state index contributed by atoms with van der Waals surface area (Å²) in [5, 5.41) is 9.45. The van der Waals surface area contributed by atoms with E-state index in [9.17, 15) is 13.6 Å². The van der Waals surface area contributed by atoms with Crippen LogP contribution in [0, 0.1) is 5.92 Å². The second-order valence-electron chi connectivity index (χ2n) is 14.0. The average Bonchev–Trinajstić information content (AvgIpc) is 3.85. The molecule has 49 heavy (non-hydrogen) atoms. The monoisotopic (exact) mass is 669 g/mol. The number of nitrogens with zero attached hydrogens (tertiary/aromatic N) is 7. The molecular weight excluding hydrogens is 628 g/mol. The number of fused-ring (bicyclic) bond motifs is 3. The Morgan fingerprint density at radius 1 is 1.06 bits per heavy atom. The van der Waals surface area contributed by atoms with Crippen LogP contribution in [0.4, 0.5) is 20.3 Å². The quantitative estimate of drug-likeness (QED) is 0.161. The zero-order chi connectivity index (χ0) is 33.8. The van der Waals surface area contributed by atoms with Crippen LogP contribution in [0.5, 0.6) is 0 Å². The fourth-order valence-corrected chi connectivity index (χ4v) is 7.77. The Kier molecular flexibility index (Phi) is 8.31. The van der Waals surface area contributed by atoms with Crippen molar-refractivity contribution in [3.63, 3.8) is 0 Å². The standard InChI is InChI=1S/C37H41F2N7O3/c1-22(2)29(21-47)34-18-30(42-49-34)33-19-40-35-16-23(6-12-44(33)35)26-15-24-5-4-10-45(32(24)17-27(26)36(38)39)37-28-20-43(3)11-7-31(28)46(41-37)25-8-13-48-14-9-25/h6,12,15-19,21-22,25,29,36H,4-5,7-11,13-14,20H2,1-3H3. The largest absolute Gasteiger partial charge is 0.381 e. The highest BCUT2D eigenvalue weighted by Gasteiger charge is 2.33. The van der Waals surface area contributed by atoms with Gasteiger partial charge in [-0.1, -0.05) is 19.0 Å². The summed E-state index contributed by atoms with van der Waals surface area (Å²) in [6.07, 6.45) is 6.20. The molecule has 10 nitrogen and oxygen atoms in total. The molecule has 1 fully saturated rings. The maximum absolute atomic E-state index is 15.0. The Labute approximate surface area is 283 Å². The molecule has 0 spiro atoms. The molecule has 0 aliphatic carbocycles. The van der Waals surface area contributed by atoms with E-state index >= 15 is 0 Å². The van der Waals surface area contributed by atoms with Crippen molar-refractivity contribution in [2.75, 3.05) is 38.3 Å². The van der Waals surface area contributed by atoms with Gasteiger partial charge in [0.15, 0.2) is 5.82 Å². The van der Waals surface area contributed by atoms with E-state index in [0.717, 1.165) is 88.3 Å². The Morgan fingerprint density at radius 3 is 2.67 bits per heavy atom. The predicted molar refractivity (Wildman–Crippen MR) is 181 cm³/mol. The Bertz CT molecular complexity index is 2010. The van der Waals surface area contributed by atoms with Crippen molar-refractivity contribution in [1.82, 2.24) is 29.2 Å². The lowest BCUT2D eigenvalue weighted by atomic mass is 9.92. The molecule has 0 bridgehead atoms. The normalized spacial score (nSPS) is 18.0. The third-order valence-corrected chi connectivity index (χ3v) is 10.5. The van der Waals surface area contributed by atoms with Crippen molar-refractivity contribution in [3.05, 3.63) is 70.9 Å². The number of aryl methyl sites for hydroxylation is 1. The van der Waals surface area contributed by atoms with Crippen molar-refractivity contribution in [2.24, 2.45) is 5.92 Å². The van der Waals surface area contributed by atoms with Crippen LogP contribution >= 0.6 is 0 Å². The number of imidazole rings is 1. The minimum absolute atomic E-state index is 0.00800. The maximum Gasteiger partial charge on any atom is 0.264 e. The molecule has 0 amide bonds. The van der Waals surface area contributed by atoms with Crippen LogP contribution in [-0.4, -0.2) is 68.9 Å². The first kappa shape index (κ1) is 31.8. The van der Waals surface area contributed by atoms with Crippen LogP contribution in [0.1, 0.15) is 79.6 Å². The van der Waals surface area contributed by atoms with Gasteiger partial charge < -0.3 is 23.9 Å². The molecule has 5 aromatic rings. The molecule has 12 heteroatoms. The minimum atomic E-state index is -2.67. The first-order valence-corrected chi connectivity index (χ1v) is 17.3. The van der Waals surface area contributed by atoms with Gasteiger partial charge >= 0.3 is 0 Å². The Morgan fingerprint density at radius 2 is 1.90 bits per heavy atom. The fourth-order valence-electron chi connectivity index (χ4n) is 7.77. The van der Waals surface area contributed by atoms with Gasteiger partial charge in [0, 0.05) is 74.0 Å². The van der Waals surface area contributed by atoms with Gasteiger partial charge in [0.2, 0.25) is 0 Å². The number of rotatable bonds is 8. The number of benzene rings is 1. The SMILES string of the molecule is CC(C)C(C=O)c1cc(-c2cnc3cc(-c4cc5c(cc4C(F)F)N(c4nn(C6CCOCC6)c6c4CN(C)CC6)CCC5)ccn23)no1. The van der Waals surface area contributed by atoms with Gasteiger partial charge in [-0.15, -0.1) is 0 Å². The maximum atomic E-state index is 15.0. The predicted octanol–water partition coefficient (Wildman–Crippen LogP) is 7.15. The van der Waals surface area contributed by atoms with Crippen molar-refractivity contribution in [2.45, 2.75) is 70.9 Å². The summed E-state index contributed by atoms with van der Waals surface area (Å²) in [5.74, 6) is 1.07. The van der Waals surface area contributed by atoms with Crippen molar-refractivity contribution < 1.29 is 22.8 Å². The number of hydrogen-bond donors (Lipinski definition) is 0. The van der Waals surface area contributed by atoms with Gasteiger partial charge in [0.25, 0.3) is 6.43 Å². The van der Waals surface area contributed by atoms with E-state index in [4.69, 9.17) is 14.4 Å². The summed E-state index contributed by atoms with van der Waals surface area (Å²) in [5.41, 5.74) is 7.35. The molecule has 1 atom stereocenters. The average molecular weight is 670 g/mol. The number of halogens is 2. The topological polar surface area (TPSA) is 93.9 Å². The van der Waals surface area contributed by atoms with E-state index in [0.29, 0.717) is 40.0 Å². The third-order valence-electron chi connectivity index (χ3n) is 10.5.